The summed E-state index contributed by atoms with van der Waals surface area (Å²) in [7, 11) is 0. The summed E-state index contributed by atoms with van der Waals surface area (Å²) in [4.78, 5) is 24.0. The third-order valence-corrected chi connectivity index (χ3v) is 1.82. The molecule has 0 fully saturated rings. The molecule has 4 heteroatoms. The normalized spacial score (nSPS) is 10.0. The van der Waals surface area contributed by atoms with Gasteiger partial charge in [0.15, 0.2) is 6.61 Å². The lowest BCUT2D eigenvalue weighted by atomic mass is 10.4. The second-order valence-corrected chi connectivity index (χ2v) is 2.77. The van der Waals surface area contributed by atoms with Crippen LogP contribution in [0.4, 0.5) is 0 Å². The summed E-state index contributed by atoms with van der Waals surface area (Å²) in [6.07, 6.45) is 4.15. The Hall–Kier alpha value is -1.58. The first-order valence-corrected chi connectivity index (χ1v) is 4.89. The maximum absolute atomic E-state index is 11.4. The number of amides is 1. The Balaban J connectivity index is 3.94. The van der Waals surface area contributed by atoms with Gasteiger partial charge in [0.1, 0.15) is 0 Å². The Labute approximate surface area is 90.2 Å². The third kappa shape index (κ3) is 5.67. The van der Waals surface area contributed by atoms with Gasteiger partial charge in [0.25, 0.3) is 5.91 Å². The minimum atomic E-state index is -0.532. The molecule has 0 N–H and O–H groups in total. The van der Waals surface area contributed by atoms with E-state index < -0.39 is 5.97 Å². The zero-order chi connectivity index (χ0) is 11.7. The van der Waals surface area contributed by atoms with E-state index in [0.717, 1.165) is 0 Å². The maximum atomic E-state index is 11.4. The van der Waals surface area contributed by atoms with Crippen LogP contribution in [-0.4, -0.2) is 36.5 Å². The van der Waals surface area contributed by atoms with Crippen molar-refractivity contribution in [3.05, 3.63) is 24.8 Å². The van der Waals surface area contributed by atoms with E-state index in [0.29, 0.717) is 13.1 Å². The molecule has 0 saturated heterocycles. The molecule has 0 aliphatic heterocycles. The number of rotatable bonds is 6. The molecule has 1 amide bonds. The minimum Gasteiger partial charge on any atom is -0.452 e. The summed E-state index contributed by atoms with van der Waals surface area (Å²) in [6, 6.07) is 0. The summed E-state index contributed by atoms with van der Waals surface area (Å²) in [5.41, 5.74) is 0. The van der Waals surface area contributed by atoms with E-state index >= 15 is 0 Å². The van der Waals surface area contributed by atoms with E-state index in [-0.39, 0.29) is 12.5 Å². The van der Waals surface area contributed by atoms with Gasteiger partial charge in [0.05, 0.1) is 0 Å². The highest BCUT2D eigenvalue weighted by Crippen LogP contribution is 1.91. The van der Waals surface area contributed by atoms with Crippen molar-refractivity contribution in [3.63, 3.8) is 0 Å². The van der Waals surface area contributed by atoms with Crippen LogP contribution < -0.4 is 0 Å². The van der Waals surface area contributed by atoms with Crippen LogP contribution in [0.1, 0.15) is 13.8 Å². The van der Waals surface area contributed by atoms with Crippen LogP contribution in [0.2, 0.25) is 0 Å². The van der Waals surface area contributed by atoms with Gasteiger partial charge < -0.3 is 9.64 Å². The molecule has 4 nitrogen and oxygen atoms in total. The Morgan fingerprint density at radius 1 is 1.33 bits per heavy atom. The van der Waals surface area contributed by atoms with Crippen LogP contribution in [0.15, 0.2) is 24.8 Å². The molecular formula is C11H17NO3. The monoisotopic (exact) mass is 211 g/mol. The molecule has 0 aliphatic rings. The van der Waals surface area contributed by atoms with Gasteiger partial charge in [-0.15, -0.1) is 0 Å². The SMILES string of the molecule is C=CC=CC(=O)OCC(=O)N(CC)CC. The predicted molar refractivity (Wildman–Crippen MR) is 58.2 cm³/mol. The summed E-state index contributed by atoms with van der Waals surface area (Å²) in [5, 5.41) is 0. The van der Waals surface area contributed by atoms with E-state index in [1.807, 2.05) is 13.8 Å². The Morgan fingerprint density at radius 2 is 1.93 bits per heavy atom. The van der Waals surface area contributed by atoms with Gasteiger partial charge in [0.2, 0.25) is 0 Å². The summed E-state index contributed by atoms with van der Waals surface area (Å²) >= 11 is 0. The number of ether oxygens (including phenoxy) is 1. The van der Waals surface area contributed by atoms with Gasteiger partial charge in [0, 0.05) is 19.2 Å². The first-order valence-electron chi connectivity index (χ1n) is 4.89. The smallest absolute Gasteiger partial charge is 0.331 e. The highest BCUT2D eigenvalue weighted by molar-refractivity contribution is 5.85. The number of likely N-dealkylation sites (N-methyl/N-ethyl adjacent to an activating group) is 1. The lowest BCUT2D eigenvalue weighted by Gasteiger charge is -2.17. The van der Waals surface area contributed by atoms with E-state index in [1.165, 1.54) is 18.2 Å². The molecule has 0 heterocycles. The highest BCUT2D eigenvalue weighted by Gasteiger charge is 2.10. The van der Waals surface area contributed by atoms with Crippen LogP contribution >= 0.6 is 0 Å². The van der Waals surface area contributed by atoms with Crippen molar-refractivity contribution in [2.75, 3.05) is 19.7 Å². The molecule has 84 valence electrons. The highest BCUT2D eigenvalue weighted by atomic mass is 16.5. The molecule has 0 rings (SSSR count). The average molecular weight is 211 g/mol. The number of carbonyl (C=O) groups is 2. The first-order chi connectivity index (χ1) is 7.15. The number of hydrogen-bond acceptors (Lipinski definition) is 3. The second kappa shape index (κ2) is 7.79. The van der Waals surface area contributed by atoms with Gasteiger partial charge >= 0.3 is 5.97 Å². The molecule has 0 aliphatic carbocycles. The fraction of sp³-hybridized carbons (Fsp3) is 0.455. The van der Waals surface area contributed by atoms with Crippen LogP contribution in [-0.2, 0) is 14.3 Å². The van der Waals surface area contributed by atoms with E-state index in [9.17, 15) is 9.59 Å². The van der Waals surface area contributed by atoms with Gasteiger partial charge in [-0.05, 0) is 13.8 Å². The number of hydrogen-bond donors (Lipinski definition) is 0. The van der Waals surface area contributed by atoms with Crippen LogP contribution in [0.5, 0.6) is 0 Å². The van der Waals surface area contributed by atoms with E-state index in [2.05, 4.69) is 6.58 Å². The van der Waals surface area contributed by atoms with E-state index in [1.54, 1.807) is 4.90 Å². The molecule has 0 spiro atoms. The zero-order valence-corrected chi connectivity index (χ0v) is 9.23. The lowest BCUT2D eigenvalue weighted by molar-refractivity contribution is -0.148. The summed E-state index contributed by atoms with van der Waals surface area (Å²) in [5.74, 6) is -0.712. The molecule has 0 saturated carbocycles. The van der Waals surface area contributed by atoms with Crippen LogP contribution in [0, 0.1) is 0 Å². The van der Waals surface area contributed by atoms with Gasteiger partial charge in [-0.1, -0.05) is 18.7 Å². The number of esters is 1. The predicted octanol–water partition coefficient (Wildman–Crippen LogP) is 1.14. The number of carbonyl (C=O) groups excluding carboxylic acids is 2. The standard InChI is InChI=1S/C11H17NO3/c1-4-7-8-11(14)15-9-10(13)12(5-2)6-3/h4,7-8H,1,5-6,9H2,2-3H3. The van der Waals surface area contributed by atoms with Crippen molar-refractivity contribution in [1.82, 2.24) is 4.90 Å². The van der Waals surface area contributed by atoms with Gasteiger partial charge in [-0.2, -0.15) is 0 Å². The topological polar surface area (TPSA) is 46.6 Å². The zero-order valence-electron chi connectivity index (χ0n) is 9.23. The quantitative estimate of drug-likeness (QED) is 0.376. The number of nitrogens with zero attached hydrogens (tertiary/aromatic N) is 1. The van der Waals surface area contributed by atoms with Crippen molar-refractivity contribution in [1.29, 1.82) is 0 Å². The van der Waals surface area contributed by atoms with Crippen molar-refractivity contribution in [3.8, 4) is 0 Å². The average Bonchev–Trinajstić information content (AvgIpc) is 2.25. The third-order valence-electron chi connectivity index (χ3n) is 1.82. The largest absolute Gasteiger partial charge is 0.452 e. The Kier molecular flexibility index (Phi) is 6.97. The van der Waals surface area contributed by atoms with Crippen molar-refractivity contribution >= 4 is 11.9 Å². The first kappa shape index (κ1) is 13.4. The van der Waals surface area contributed by atoms with Crippen LogP contribution in [0.25, 0.3) is 0 Å². The molecule has 0 radical (unpaired) electrons. The minimum absolute atomic E-state index is 0.180. The maximum Gasteiger partial charge on any atom is 0.331 e. The molecule has 0 aromatic carbocycles. The Bertz CT molecular complexity index is 255. The van der Waals surface area contributed by atoms with Crippen molar-refractivity contribution in [2.24, 2.45) is 0 Å². The fourth-order valence-electron chi connectivity index (χ4n) is 0.995. The molecule has 0 unspecified atom stereocenters. The molecule has 0 aromatic rings. The molecule has 15 heavy (non-hydrogen) atoms. The van der Waals surface area contributed by atoms with Crippen molar-refractivity contribution < 1.29 is 14.3 Å². The van der Waals surface area contributed by atoms with Crippen LogP contribution in [0.3, 0.4) is 0 Å². The molecular weight excluding hydrogens is 194 g/mol. The summed E-state index contributed by atoms with van der Waals surface area (Å²) < 4.78 is 4.73. The van der Waals surface area contributed by atoms with Crippen molar-refractivity contribution in [2.45, 2.75) is 13.8 Å². The van der Waals surface area contributed by atoms with Gasteiger partial charge in [-0.25, -0.2) is 4.79 Å². The fourth-order valence-corrected chi connectivity index (χ4v) is 0.995. The molecule has 0 atom stereocenters. The molecule has 0 aromatic heterocycles. The lowest BCUT2D eigenvalue weighted by Crippen LogP contribution is -2.34. The number of allylic oxidation sites excluding steroid dienone is 2. The Morgan fingerprint density at radius 3 is 2.40 bits per heavy atom. The molecule has 0 bridgehead atoms. The van der Waals surface area contributed by atoms with E-state index in [4.69, 9.17) is 4.74 Å². The van der Waals surface area contributed by atoms with Gasteiger partial charge in [-0.3, -0.25) is 4.79 Å². The second-order valence-electron chi connectivity index (χ2n) is 2.77. The summed E-state index contributed by atoms with van der Waals surface area (Å²) in [6.45, 7) is 8.20.